The molecule has 14 heavy (non-hydrogen) atoms. The topological polar surface area (TPSA) is 12.0 Å². The van der Waals surface area contributed by atoms with Crippen LogP contribution in [0.2, 0.25) is 0 Å². The van der Waals surface area contributed by atoms with E-state index in [-0.39, 0.29) is 0 Å². The molecule has 1 aromatic carbocycles. The summed E-state index contributed by atoms with van der Waals surface area (Å²) in [7, 11) is 0. The number of benzene rings is 1. The third kappa shape index (κ3) is 3.49. The fourth-order valence-electron chi connectivity index (χ4n) is 1.27. The van der Waals surface area contributed by atoms with E-state index in [0.717, 1.165) is 18.5 Å². The first-order valence-electron chi connectivity index (χ1n) is 4.41. The molecule has 0 saturated heterocycles. The maximum atomic E-state index is 12.8. The Hall–Kier alpha value is -0.230. The van der Waals surface area contributed by atoms with Crippen LogP contribution >= 0.6 is 22.9 Å². The van der Waals surface area contributed by atoms with Crippen molar-refractivity contribution in [2.75, 3.05) is 6.54 Å². The van der Waals surface area contributed by atoms with Gasteiger partial charge >= 0.3 is 0 Å². The van der Waals surface area contributed by atoms with Crippen LogP contribution in [-0.2, 0) is 6.42 Å². The molecule has 0 aliphatic heterocycles. The van der Waals surface area contributed by atoms with Gasteiger partial charge in [-0.15, -0.1) is 0 Å². The van der Waals surface area contributed by atoms with E-state index in [9.17, 15) is 8.78 Å². The lowest BCUT2D eigenvalue weighted by atomic mass is 10.0. The fraction of sp³-hybridized carbons (Fsp3) is 0.400. The molecule has 0 radical (unpaired) electrons. The second-order valence-corrected chi connectivity index (χ2v) is 4.16. The summed E-state index contributed by atoms with van der Waals surface area (Å²) in [6.07, 6.45) is 0.757. The molecule has 1 aromatic rings. The smallest absolute Gasteiger partial charge is 0.159 e. The third-order valence-corrected chi connectivity index (χ3v) is 2.43. The zero-order valence-corrected chi connectivity index (χ0v) is 10.0. The molecule has 0 unspecified atom stereocenters. The van der Waals surface area contributed by atoms with Crippen LogP contribution in [-0.4, -0.2) is 6.54 Å². The molecule has 1 rings (SSSR count). The summed E-state index contributed by atoms with van der Waals surface area (Å²) < 4.78 is 28.4. The predicted molar refractivity (Wildman–Crippen MR) is 61.2 cm³/mol. The van der Waals surface area contributed by atoms with Crippen molar-refractivity contribution in [2.45, 2.75) is 13.3 Å². The highest BCUT2D eigenvalue weighted by Gasteiger charge is 2.06. The quantitative estimate of drug-likeness (QED) is 0.666. The molecule has 4 heteroatoms. The van der Waals surface area contributed by atoms with Crippen LogP contribution in [0.15, 0.2) is 18.2 Å². The van der Waals surface area contributed by atoms with Crippen molar-refractivity contribution in [1.82, 2.24) is 3.53 Å². The van der Waals surface area contributed by atoms with Gasteiger partial charge in [-0.1, -0.05) is 13.0 Å². The first-order chi connectivity index (χ1) is 6.63. The molecular formula is C10H12F2IN. The minimum Gasteiger partial charge on any atom is -0.261 e. The summed E-state index contributed by atoms with van der Waals surface area (Å²) in [6.45, 7) is 2.92. The molecule has 1 nitrogen and oxygen atoms in total. The molecule has 0 aromatic heterocycles. The second-order valence-electron chi connectivity index (χ2n) is 3.40. The van der Waals surface area contributed by atoms with E-state index in [4.69, 9.17) is 0 Å². The summed E-state index contributed by atoms with van der Waals surface area (Å²) in [4.78, 5) is 0. The Morgan fingerprint density at radius 2 is 2.07 bits per heavy atom. The van der Waals surface area contributed by atoms with Gasteiger partial charge in [0.2, 0.25) is 0 Å². The van der Waals surface area contributed by atoms with E-state index in [0.29, 0.717) is 5.92 Å². The van der Waals surface area contributed by atoms with Crippen molar-refractivity contribution in [3.63, 3.8) is 0 Å². The third-order valence-electron chi connectivity index (χ3n) is 1.99. The van der Waals surface area contributed by atoms with Crippen molar-refractivity contribution in [2.24, 2.45) is 5.92 Å². The van der Waals surface area contributed by atoms with Crippen molar-refractivity contribution >= 4 is 22.9 Å². The molecule has 0 aliphatic rings. The molecule has 0 saturated carbocycles. The SMILES string of the molecule is C[C@H](CNI)Cc1ccc(F)c(F)c1. The zero-order chi connectivity index (χ0) is 10.6. The van der Waals surface area contributed by atoms with Crippen LogP contribution in [0.3, 0.4) is 0 Å². The lowest BCUT2D eigenvalue weighted by Crippen LogP contribution is -2.13. The molecule has 0 aliphatic carbocycles. The summed E-state index contributed by atoms with van der Waals surface area (Å²) in [5.74, 6) is -1.14. The van der Waals surface area contributed by atoms with E-state index in [1.165, 1.54) is 12.1 Å². The minimum absolute atomic E-state index is 0.414. The number of rotatable bonds is 4. The normalized spacial score (nSPS) is 12.9. The lowest BCUT2D eigenvalue weighted by Gasteiger charge is -2.09. The van der Waals surface area contributed by atoms with Gasteiger partial charge in [0.15, 0.2) is 11.6 Å². The van der Waals surface area contributed by atoms with Crippen LogP contribution in [0.5, 0.6) is 0 Å². The molecule has 0 heterocycles. The Kier molecular flexibility index (Phi) is 4.74. The molecule has 0 spiro atoms. The van der Waals surface area contributed by atoms with Crippen LogP contribution < -0.4 is 3.53 Å². The summed E-state index contributed by atoms with van der Waals surface area (Å²) in [5, 5.41) is 0. The van der Waals surface area contributed by atoms with E-state index >= 15 is 0 Å². The van der Waals surface area contributed by atoms with Crippen LogP contribution in [0.4, 0.5) is 8.78 Å². The first kappa shape index (κ1) is 11.8. The van der Waals surface area contributed by atoms with Gasteiger partial charge in [-0.2, -0.15) is 0 Å². The van der Waals surface area contributed by atoms with Crippen molar-refractivity contribution in [3.8, 4) is 0 Å². The molecule has 0 amide bonds. The monoisotopic (exact) mass is 311 g/mol. The number of halogens is 3. The average Bonchev–Trinajstić information content (AvgIpc) is 2.12. The van der Waals surface area contributed by atoms with Gasteiger partial charge < -0.3 is 0 Å². The molecule has 1 atom stereocenters. The highest BCUT2D eigenvalue weighted by atomic mass is 127. The molecule has 0 fully saturated rings. The van der Waals surface area contributed by atoms with E-state index < -0.39 is 11.6 Å². The fourth-order valence-corrected chi connectivity index (χ4v) is 2.02. The Morgan fingerprint density at radius 1 is 1.36 bits per heavy atom. The van der Waals surface area contributed by atoms with Gasteiger partial charge in [0.25, 0.3) is 0 Å². The number of hydrogen-bond donors (Lipinski definition) is 1. The molecule has 1 N–H and O–H groups in total. The van der Waals surface area contributed by atoms with Crippen molar-refractivity contribution in [3.05, 3.63) is 35.4 Å². The van der Waals surface area contributed by atoms with Gasteiger partial charge in [0.05, 0.1) is 0 Å². The van der Waals surface area contributed by atoms with Crippen molar-refractivity contribution < 1.29 is 8.78 Å². The Balaban J connectivity index is 2.63. The molecular weight excluding hydrogens is 299 g/mol. The Bertz CT molecular complexity index is 304. The van der Waals surface area contributed by atoms with Crippen LogP contribution in [0.1, 0.15) is 12.5 Å². The minimum atomic E-state index is -0.784. The van der Waals surface area contributed by atoms with Gasteiger partial charge in [-0.3, -0.25) is 3.53 Å². The highest BCUT2D eigenvalue weighted by Crippen LogP contribution is 2.12. The highest BCUT2D eigenvalue weighted by molar-refractivity contribution is 14.1. The largest absolute Gasteiger partial charge is 0.261 e. The summed E-state index contributed by atoms with van der Waals surface area (Å²) in [6, 6.07) is 4.07. The van der Waals surface area contributed by atoms with Crippen LogP contribution in [0, 0.1) is 17.6 Å². The van der Waals surface area contributed by atoms with Gasteiger partial charge in [-0.05, 0) is 30.0 Å². The zero-order valence-electron chi connectivity index (χ0n) is 7.86. The Labute approximate surface area is 96.4 Å². The molecule has 78 valence electrons. The maximum absolute atomic E-state index is 12.8. The van der Waals surface area contributed by atoms with Gasteiger partial charge in [-0.25, -0.2) is 8.78 Å². The van der Waals surface area contributed by atoms with E-state index in [1.807, 2.05) is 0 Å². The van der Waals surface area contributed by atoms with E-state index in [2.05, 4.69) is 33.3 Å². The van der Waals surface area contributed by atoms with Gasteiger partial charge in [0.1, 0.15) is 0 Å². The maximum Gasteiger partial charge on any atom is 0.159 e. The van der Waals surface area contributed by atoms with Gasteiger partial charge in [0, 0.05) is 29.4 Å². The standard InChI is InChI=1S/C10H12F2IN/c1-7(6-14-13)4-8-2-3-9(11)10(12)5-8/h2-3,5,7,14H,4,6H2,1H3/t7-/m0/s1. The van der Waals surface area contributed by atoms with Crippen LogP contribution in [0.25, 0.3) is 0 Å². The first-order valence-corrected chi connectivity index (χ1v) is 5.48. The predicted octanol–water partition coefficient (Wildman–Crippen LogP) is 3.08. The number of hydrogen-bond acceptors (Lipinski definition) is 1. The number of nitrogens with one attached hydrogen (secondary N) is 1. The lowest BCUT2D eigenvalue weighted by molar-refractivity contribution is 0.503. The Morgan fingerprint density at radius 3 is 2.64 bits per heavy atom. The average molecular weight is 311 g/mol. The second kappa shape index (κ2) is 5.60. The molecule has 0 bridgehead atoms. The van der Waals surface area contributed by atoms with Crippen molar-refractivity contribution in [1.29, 1.82) is 0 Å². The summed E-state index contributed by atoms with van der Waals surface area (Å²) >= 11 is 2.07. The summed E-state index contributed by atoms with van der Waals surface area (Å²) in [5.41, 5.74) is 0.836. The van der Waals surface area contributed by atoms with E-state index in [1.54, 1.807) is 6.07 Å².